The predicted octanol–water partition coefficient (Wildman–Crippen LogP) is 5.85. The van der Waals surface area contributed by atoms with Crippen molar-refractivity contribution in [1.29, 1.82) is 0 Å². The minimum Gasteiger partial charge on any atom is -0.493 e. The van der Waals surface area contributed by atoms with Crippen molar-refractivity contribution >= 4 is 23.5 Å². The van der Waals surface area contributed by atoms with Gasteiger partial charge in [-0.1, -0.05) is 35.9 Å². The van der Waals surface area contributed by atoms with E-state index in [1.165, 1.54) is 27.4 Å². The fraction of sp³-hybridized carbons (Fsp3) is 0.192. The summed E-state index contributed by atoms with van der Waals surface area (Å²) in [5.74, 6) is 2.21. The van der Waals surface area contributed by atoms with Crippen LogP contribution in [0.4, 0.5) is 0 Å². The number of hydrogen-bond acceptors (Lipinski definition) is 6. The van der Waals surface area contributed by atoms with E-state index in [1.54, 1.807) is 37.5 Å². The molecule has 3 aromatic rings. The van der Waals surface area contributed by atoms with Crippen molar-refractivity contribution in [2.45, 2.75) is 6.61 Å². The first-order valence-electron chi connectivity index (χ1n) is 10.1. The summed E-state index contributed by atoms with van der Waals surface area (Å²) in [6.45, 7) is 0.377. The van der Waals surface area contributed by atoms with E-state index in [9.17, 15) is 4.79 Å². The van der Waals surface area contributed by atoms with E-state index in [0.29, 0.717) is 45.9 Å². The monoisotopic (exact) mass is 468 g/mol. The van der Waals surface area contributed by atoms with Crippen LogP contribution in [0.25, 0.3) is 6.08 Å². The third-order valence-electron chi connectivity index (χ3n) is 4.87. The number of ketones is 1. The Hall–Kier alpha value is -3.64. The fourth-order valence-corrected chi connectivity index (χ4v) is 3.27. The van der Waals surface area contributed by atoms with Gasteiger partial charge in [-0.3, -0.25) is 4.79 Å². The Morgan fingerprint density at radius 1 is 0.788 bits per heavy atom. The molecule has 0 aliphatic heterocycles. The normalized spacial score (nSPS) is 10.7. The van der Waals surface area contributed by atoms with Crippen LogP contribution in [0, 0.1) is 0 Å². The first kappa shape index (κ1) is 24.0. The predicted molar refractivity (Wildman–Crippen MR) is 128 cm³/mol. The van der Waals surface area contributed by atoms with Crippen LogP contribution in [0.15, 0.2) is 60.7 Å². The van der Waals surface area contributed by atoms with E-state index in [2.05, 4.69) is 0 Å². The Morgan fingerprint density at radius 2 is 1.42 bits per heavy atom. The van der Waals surface area contributed by atoms with Crippen molar-refractivity contribution in [2.24, 2.45) is 0 Å². The second-order valence-electron chi connectivity index (χ2n) is 6.94. The fourth-order valence-electron chi connectivity index (χ4n) is 3.14. The lowest BCUT2D eigenvalue weighted by Gasteiger charge is -2.13. The molecule has 0 atom stereocenters. The summed E-state index contributed by atoms with van der Waals surface area (Å²) >= 11 is 5.92. The van der Waals surface area contributed by atoms with E-state index >= 15 is 0 Å². The van der Waals surface area contributed by atoms with Crippen LogP contribution in [-0.2, 0) is 6.61 Å². The molecule has 172 valence electrons. The second kappa shape index (κ2) is 11.3. The van der Waals surface area contributed by atoms with Crippen molar-refractivity contribution in [1.82, 2.24) is 0 Å². The molecule has 6 nitrogen and oxygen atoms in total. The van der Waals surface area contributed by atoms with E-state index in [-0.39, 0.29) is 5.78 Å². The first-order valence-corrected chi connectivity index (χ1v) is 10.4. The Balaban J connectivity index is 1.75. The van der Waals surface area contributed by atoms with Crippen LogP contribution in [-0.4, -0.2) is 34.2 Å². The van der Waals surface area contributed by atoms with Crippen molar-refractivity contribution in [2.75, 3.05) is 28.4 Å². The number of halogens is 1. The Labute approximate surface area is 198 Å². The molecule has 0 spiro atoms. The van der Waals surface area contributed by atoms with Gasteiger partial charge in [-0.15, -0.1) is 0 Å². The second-order valence-corrected chi connectivity index (χ2v) is 7.37. The quantitative estimate of drug-likeness (QED) is 0.275. The molecule has 0 aliphatic carbocycles. The lowest BCUT2D eigenvalue weighted by molar-refractivity contribution is 0.104. The number of allylic oxidation sites excluding steroid dienone is 1. The average molecular weight is 469 g/mol. The summed E-state index contributed by atoms with van der Waals surface area (Å²) in [7, 11) is 6.09. The molecule has 0 N–H and O–H groups in total. The van der Waals surface area contributed by atoms with Gasteiger partial charge < -0.3 is 23.7 Å². The van der Waals surface area contributed by atoms with Gasteiger partial charge in [0.25, 0.3) is 0 Å². The maximum Gasteiger partial charge on any atom is 0.203 e. The van der Waals surface area contributed by atoms with Gasteiger partial charge in [0.2, 0.25) is 5.75 Å². The van der Waals surface area contributed by atoms with Gasteiger partial charge in [-0.25, -0.2) is 0 Å². The molecule has 3 rings (SSSR count). The van der Waals surface area contributed by atoms with Gasteiger partial charge in [-0.2, -0.15) is 0 Å². The molecular weight excluding hydrogens is 444 g/mol. The van der Waals surface area contributed by atoms with Crippen LogP contribution >= 0.6 is 11.6 Å². The third kappa shape index (κ3) is 5.99. The number of ether oxygens (including phenoxy) is 5. The standard InChI is InChI=1S/C26H25ClO6/c1-29-23-13-17(8-12-22(23)33-16-18-5-9-20(27)10-6-18)7-11-21(28)19-14-24(30-2)26(32-4)25(15-19)31-3/h5-15H,16H2,1-4H3/b11-7+. The molecule has 0 bridgehead atoms. The van der Waals surface area contributed by atoms with Gasteiger partial charge in [0.1, 0.15) is 6.61 Å². The number of methoxy groups -OCH3 is 4. The summed E-state index contributed by atoms with van der Waals surface area (Å²) in [4.78, 5) is 12.8. The zero-order chi connectivity index (χ0) is 23.8. The van der Waals surface area contributed by atoms with E-state index in [0.717, 1.165) is 11.1 Å². The summed E-state index contributed by atoms with van der Waals surface area (Å²) in [6.07, 6.45) is 3.18. The molecule has 0 radical (unpaired) electrons. The summed E-state index contributed by atoms with van der Waals surface area (Å²) in [5, 5.41) is 0.675. The Morgan fingerprint density at radius 3 is 2.00 bits per heavy atom. The lowest BCUT2D eigenvalue weighted by atomic mass is 10.1. The third-order valence-corrected chi connectivity index (χ3v) is 5.12. The van der Waals surface area contributed by atoms with Crippen LogP contribution in [0.1, 0.15) is 21.5 Å². The smallest absolute Gasteiger partial charge is 0.203 e. The van der Waals surface area contributed by atoms with Crippen molar-refractivity contribution in [3.8, 4) is 28.7 Å². The molecule has 0 unspecified atom stereocenters. The van der Waals surface area contributed by atoms with Gasteiger partial charge >= 0.3 is 0 Å². The highest BCUT2D eigenvalue weighted by Crippen LogP contribution is 2.38. The lowest BCUT2D eigenvalue weighted by Crippen LogP contribution is -2.00. The van der Waals surface area contributed by atoms with E-state index in [1.807, 2.05) is 30.3 Å². The zero-order valence-corrected chi connectivity index (χ0v) is 19.6. The summed E-state index contributed by atoms with van der Waals surface area (Å²) in [5.41, 5.74) is 2.18. The molecule has 0 saturated carbocycles. The number of hydrogen-bond donors (Lipinski definition) is 0. The van der Waals surface area contributed by atoms with Crippen LogP contribution < -0.4 is 23.7 Å². The first-order chi connectivity index (χ1) is 16.0. The molecule has 33 heavy (non-hydrogen) atoms. The molecule has 0 aliphatic rings. The number of rotatable bonds is 10. The molecule has 7 heteroatoms. The molecule has 0 saturated heterocycles. The summed E-state index contributed by atoms with van der Waals surface area (Å²) < 4.78 is 27.3. The van der Waals surface area contributed by atoms with Crippen LogP contribution in [0.3, 0.4) is 0 Å². The minimum absolute atomic E-state index is 0.212. The van der Waals surface area contributed by atoms with Crippen molar-refractivity contribution < 1.29 is 28.5 Å². The molecule has 3 aromatic carbocycles. The van der Waals surface area contributed by atoms with Gasteiger partial charge in [0.15, 0.2) is 28.8 Å². The Bertz CT molecular complexity index is 1110. The highest BCUT2D eigenvalue weighted by molar-refractivity contribution is 6.30. The number of carbonyl (C=O) groups excluding carboxylic acids is 1. The SMILES string of the molecule is COc1cc(/C=C/C(=O)c2cc(OC)c(OC)c(OC)c2)ccc1OCc1ccc(Cl)cc1. The van der Waals surface area contributed by atoms with E-state index in [4.69, 9.17) is 35.3 Å². The average Bonchev–Trinajstić information content (AvgIpc) is 2.86. The van der Waals surface area contributed by atoms with Crippen molar-refractivity contribution in [3.63, 3.8) is 0 Å². The molecule has 0 amide bonds. The topological polar surface area (TPSA) is 63.2 Å². The van der Waals surface area contributed by atoms with Crippen molar-refractivity contribution in [3.05, 3.63) is 82.4 Å². The number of carbonyl (C=O) groups is 1. The molecule has 0 aromatic heterocycles. The molecular formula is C26H25ClO6. The van der Waals surface area contributed by atoms with Gasteiger partial charge in [0.05, 0.1) is 28.4 Å². The maximum atomic E-state index is 12.8. The van der Waals surface area contributed by atoms with Crippen LogP contribution in [0.2, 0.25) is 5.02 Å². The van der Waals surface area contributed by atoms with E-state index < -0.39 is 0 Å². The highest BCUT2D eigenvalue weighted by Gasteiger charge is 2.16. The number of benzene rings is 3. The Kier molecular flexibility index (Phi) is 8.22. The van der Waals surface area contributed by atoms with Crippen LogP contribution in [0.5, 0.6) is 28.7 Å². The van der Waals surface area contributed by atoms with Gasteiger partial charge in [0, 0.05) is 10.6 Å². The summed E-state index contributed by atoms with van der Waals surface area (Å²) in [6, 6.07) is 16.1. The molecule has 0 fully saturated rings. The zero-order valence-electron chi connectivity index (χ0n) is 18.9. The largest absolute Gasteiger partial charge is 0.493 e. The van der Waals surface area contributed by atoms with Gasteiger partial charge in [-0.05, 0) is 53.6 Å². The minimum atomic E-state index is -0.212. The maximum absolute atomic E-state index is 12.8. The highest BCUT2D eigenvalue weighted by atomic mass is 35.5. The molecule has 0 heterocycles.